The molecule has 154 valence electrons. The minimum atomic E-state index is -1.35. The average molecular weight is 396 g/mol. The molecule has 1 aromatic rings. The van der Waals surface area contributed by atoms with Gasteiger partial charge in [0.05, 0.1) is 12.5 Å². The molecular formula is C19H25FN2O6. The lowest BCUT2D eigenvalue weighted by Crippen LogP contribution is -2.52. The summed E-state index contributed by atoms with van der Waals surface area (Å²) in [6.07, 6.45) is -0.199. The van der Waals surface area contributed by atoms with Crippen LogP contribution in [-0.2, 0) is 30.3 Å². The van der Waals surface area contributed by atoms with Gasteiger partial charge in [-0.15, -0.1) is 0 Å². The predicted octanol–water partition coefficient (Wildman–Crippen LogP) is 1.03. The fraction of sp³-hybridized carbons (Fsp3) is 0.474. The number of benzene rings is 1. The average Bonchev–Trinajstić information content (AvgIpc) is 2.60. The van der Waals surface area contributed by atoms with E-state index in [1.165, 1.54) is 32.0 Å². The van der Waals surface area contributed by atoms with Gasteiger partial charge in [-0.3, -0.25) is 14.4 Å². The number of carbonyl (C=O) groups excluding carboxylic acids is 3. The van der Waals surface area contributed by atoms with Crippen molar-refractivity contribution in [1.82, 2.24) is 10.6 Å². The lowest BCUT2D eigenvalue weighted by molar-refractivity contribution is -0.149. The Morgan fingerprint density at radius 2 is 1.86 bits per heavy atom. The highest BCUT2D eigenvalue weighted by Crippen LogP contribution is 2.11. The summed E-state index contributed by atoms with van der Waals surface area (Å²) in [6.45, 7) is 4.50. The molecule has 0 radical (unpaired) electrons. The Hall–Kier alpha value is -2.97. The molecule has 28 heavy (non-hydrogen) atoms. The lowest BCUT2D eigenvalue weighted by Gasteiger charge is -2.22. The molecule has 0 aliphatic heterocycles. The number of nitrogens with one attached hydrogen (secondary N) is 2. The van der Waals surface area contributed by atoms with Crippen LogP contribution < -0.4 is 10.6 Å². The monoisotopic (exact) mass is 396 g/mol. The molecule has 0 spiro atoms. The first-order valence-electron chi connectivity index (χ1n) is 8.85. The van der Waals surface area contributed by atoms with Crippen molar-refractivity contribution in [2.75, 3.05) is 6.61 Å². The molecule has 0 bridgehead atoms. The number of aliphatic carboxylic acids is 1. The number of hydrogen-bond donors (Lipinski definition) is 3. The number of halogens is 1. The summed E-state index contributed by atoms with van der Waals surface area (Å²) in [4.78, 5) is 47.2. The van der Waals surface area contributed by atoms with Crippen LogP contribution in [0.5, 0.6) is 0 Å². The second-order valence-electron chi connectivity index (χ2n) is 6.38. The number of hydrogen-bond acceptors (Lipinski definition) is 5. The first-order chi connectivity index (χ1) is 13.1. The molecule has 0 saturated heterocycles. The number of carboxylic acids is 1. The molecule has 0 unspecified atom stereocenters. The molecule has 3 atom stereocenters. The van der Waals surface area contributed by atoms with Crippen molar-refractivity contribution in [2.45, 2.75) is 45.7 Å². The van der Waals surface area contributed by atoms with Gasteiger partial charge in [-0.1, -0.05) is 19.1 Å². The zero-order valence-electron chi connectivity index (χ0n) is 16.0. The number of amides is 2. The van der Waals surface area contributed by atoms with Crippen LogP contribution in [0.1, 0.15) is 32.8 Å². The number of carbonyl (C=O) groups is 4. The molecule has 0 heterocycles. The normalized spacial score (nSPS) is 13.7. The number of ether oxygens (including phenoxy) is 1. The number of rotatable bonds is 10. The van der Waals surface area contributed by atoms with Gasteiger partial charge in [-0.2, -0.15) is 0 Å². The van der Waals surface area contributed by atoms with Crippen LogP contribution in [0.3, 0.4) is 0 Å². The van der Waals surface area contributed by atoms with Gasteiger partial charge < -0.3 is 20.5 Å². The molecule has 9 heteroatoms. The van der Waals surface area contributed by atoms with Crippen LogP contribution in [0.4, 0.5) is 4.39 Å². The van der Waals surface area contributed by atoms with Gasteiger partial charge in [0.1, 0.15) is 17.9 Å². The van der Waals surface area contributed by atoms with E-state index in [2.05, 4.69) is 10.6 Å². The smallest absolute Gasteiger partial charge is 0.326 e. The third-order valence-corrected chi connectivity index (χ3v) is 3.92. The minimum absolute atomic E-state index is 0.0249. The number of esters is 1. The quantitative estimate of drug-likeness (QED) is 0.508. The highest BCUT2D eigenvalue weighted by molar-refractivity contribution is 5.90. The highest BCUT2D eigenvalue weighted by atomic mass is 19.1. The summed E-state index contributed by atoms with van der Waals surface area (Å²) < 4.78 is 18.2. The second kappa shape index (κ2) is 11.0. The molecule has 1 rings (SSSR count). The molecule has 0 aliphatic rings. The molecule has 2 amide bonds. The van der Waals surface area contributed by atoms with E-state index < -0.39 is 47.6 Å². The Balaban J connectivity index is 2.88. The van der Waals surface area contributed by atoms with E-state index in [1.54, 1.807) is 13.0 Å². The Morgan fingerprint density at radius 3 is 2.39 bits per heavy atom. The summed E-state index contributed by atoms with van der Waals surface area (Å²) in [6, 6.07) is 3.07. The molecule has 0 fully saturated rings. The van der Waals surface area contributed by atoms with E-state index in [-0.39, 0.29) is 19.4 Å². The maximum absolute atomic E-state index is 13.4. The Bertz CT molecular complexity index is 724. The van der Waals surface area contributed by atoms with E-state index >= 15 is 0 Å². The summed E-state index contributed by atoms with van der Waals surface area (Å²) in [7, 11) is 0. The third kappa shape index (κ3) is 7.73. The molecule has 3 N–H and O–H groups in total. The number of carboxylic acid groups (broad SMARTS) is 1. The zero-order valence-corrected chi connectivity index (χ0v) is 16.0. The topological polar surface area (TPSA) is 122 Å². The van der Waals surface area contributed by atoms with Crippen molar-refractivity contribution in [2.24, 2.45) is 5.92 Å². The van der Waals surface area contributed by atoms with Crippen LogP contribution in [0, 0.1) is 11.7 Å². The fourth-order valence-electron chi connectivity index (χ4n) is 2.58. The van der Waals surface area contributed by atoms with Crippen molar-refractivity contribution < 1.29 is 33.4 Å². The Morgan fingerprint density at radius 1 is 1.18 bits per heavy atom. The van der Waals surface area contributed by atoms with Crippen LogP contribution in [0.2, 0.25) is 0 Å². The van der Waals surface area contributed by atoms with E-state index in [0.29, 0.717) is 5.56 Å². The van der Waals surface area contributed by atoms with Crippen molar-refractivity contribution in [3.8, 4) is 0 Å². The lowest BCUT2D eigenvalue weighted by atomic mass is 10.0. The van der Waals surface area contributed by atoms with Crippen LogP contribution in [-0.4, -0.2) is 47.6 Å². The van der Waals surface area contributed by atoms with Gasteiger partial charge in [0.15, 0.2) is 0 Å². The maximum atomic E-state index is 13.4. The minimum Gasteiger partial charge on any atom is -0.480 e. The third-order valence-electron chi connectivity index (χ3n) is 3.92. The summed E-state index contributed by atoms with van der Waals surface area (Å²) in [5.74, 6) is -4.38. The second-order valence-corrected chi connectivity index (χ2v) is 6.38. The van der Waals surface area contributed by atoms with Crippen molar-refractivity contribution >= 4 is 23.8 Å². The largest absolute Gasteiger partial charge is 0.480 e. The fourth-order valence-corrected chi connectivity index (χ4v) is 2.58. The summed E-state index contributed by atoms with van der Waals surface area (Å²) in [5, 5.41) is 14.1. The Kier molecular flexibility index (Phi) is 9.07. The SMILES string of the molecule is CCOC(=O)[C@H](C)C[C@H](NC(=O)[C@@H](Cc1cccc(F)c1)NC(C)=O)C(=O)O. The predicted molar refractivity (Wildman–Crippen MR) is 97.7 cm³/mol. The van der Waals surface area contributed by atoms with Gasteiger partial charge in [0, 0.05) is 13.3 Å². The van der Waals surface area contributed by atoms with Gasteiger partial charge in [0.25, 0.3) is 0 Å². The molecule has 0 aliphatic carbocycles. The van der Waals surface area contributed by atoms with Gasteiger partial charge in [0.2, 0.25) is 11.8 Å². The maximum Gasteiger partial charge on any atom is 0.326 e. The molecule has 0 aromatic heterocycles. The van der Waals surface area contributed by atoms with E-state index in [4.69, 9.17) is 4.74 Å². The van der Waals surface area contributed by atoms with Crippen molar-refractivity contribution in [3.05, 3.63) is 35.6 Å². The molecule has 8 nitrogen and oxygen atoms in total. The summed E-state index contributed by atoms with van der Waals surface area (Å²) >= 11 is 0. The van der Waals surface area contributed by atoms with Crippen molar-refractivity contribution in [1.29, 1.82) is 0 Å². The molecule has 0 saturated carbocycles. The van der Waals surface area contributed by atoms with E-state index in [1.807, 2.05) is 0 Å². The van der Waals surface area contributed by atoms with Gasteiger partial charge in [-0.25, -0.2) is 9.18 Å². The first-order valence-corrected chi connectivity index (χ1v) is 8.85. The molecular weight excluding hydrogens is 371 g/mol. The zero-order chi connectivity index (χ0) is 21.3. The van der Waals surface area contributed by atoms with Crippen LogP contribution in [0.25, 0.3) is 0 Å². The van der Waals surface area contributed by atoms with Gasteiger partial charge in [-0.05, 0) is 31.0 Å². The van der Waals surface area contributed by atoms with Crippen LogP contribution in [0.15, 0.2) is 24.3 Å². The summed E-state index contributed by atoms with van der Waals surface area (Å²) in [5.41, 5.74) is 0.459. The highest BCUT2D eigenvalue weighted by Gasteiger charge is 2.29. The van der Waals surface area contributed by atoms with Gasteiger partial charge >= 0.3 is 11.9 Å². The van der Waals surface area contributed by atoms with Crippen LogP contribution >= 0.6 is 0 Å². The van der Waals surface area contributed by atoms with E-state index in [9.17, 15) is 28.7 Å². The first kappa shape index (κ1) is 23.1. The standard InChI is InChI=1S/C19H25FN2O6/c1-4-28-19(27)11(2)8-16(18(25)26)22-17(24)15(21-12(3)23)10-13-6-5-7-14(20)9-13/h5-7,9,11,15-16H,4,8,10H2,1-3H3,(H,21,23)(H,22,24)(H,25,26)/t11-,15-,16+/m1/s1. The van der Waals surface area contributed by atoms with E-state index in [0.717, 1.165) is 0 Å². The van der Waals surface area contributed by atoms with Crippen molar-refractivity contribution in [3.63, 3.8) is 0 Å². The Labute approximate surface area is 162 Å². The molecule has 1 aromatic carbocycles.